The van der Waals surface area contributed by atoms with E-state index in [1.54, 1.807) is 31.2 Å². The summed E-state index contributed by atoms with van der Waals surface area (Å²) in [5.74, 6) is 0.268. The zero-order valence-corrected chi connectivity index (χ0v) is 14.2. The van der Waals surface area contributed by atoms with Gasteiger partial charge in [-0.25, -0.2) is 4.98 Å². The van der Waals surface area contributed by atoms with Crippen molar-refractivity contribution in [2.45, 2.75) is 13.0 Å². The zero-order chi connectivity index (χ0) is 17.8. The van der Waals surface area contributed by atoms with E-state index in [-0.39, 0.29) is 5.91 Å². The summed E-state index contributed by atoms with van der Waals surface area (Å²) < 4.78 is 0. The van der Waals surface area contributed by atoms with E-state index in [2.05, 4.69) is 21.7 Å². The lowest BCUT2D eigenvalue weighted by molar-refractivity contribution is -0.116. The summed E-state index contributed by atoms with van der Waals surface area (Å²) in [7, 11) is 0. The molecule has 124 valence electrons. The summed E-state index contributed by atoms with van der Waals surface area (Å²) in [4.78, 5) is 16.7. The van der Waals surface area contributed by atoms with Gasteiger partial charge in [0.05, 0.1) is 17.1 Å². The van der Waals surface area contributed by atoms with Crippen LogP contribution < -0.4 is 10.6 Å². The number of hydrogen-bond acceptors (Lipinski definition) is 4. The van der Waals surface area contributed by atoms with Crippen LogP contribution in [-0.2, 0) is 4.79 Å². The number of nitrogens with one attached hydrogen (secondary N) is 2. The minimum absolute atomic E-state index is 0.192. The van der Waals surface area contributed by atoms with Crippen molar-refractivity contribution < 1.29 is 4.79 Å². The van der Waals surface area contributed by atoms with Crippen molar-refractivity contribution in [1.29, 1.82) is 5.26 Å². The molecule has 3 aromatic rings. The predicted molar refractivity (Wildman–Crippen MR) is 99.6 cm³/mol. The lowest BCUT2D eigenvalue weighted by Crippen LogP contribution is -2.32. The number of carbonyl (C=O) groups is 1. The molecule has 0 aliphatic heterocycles. The Labute approximate surface area is 150 Å². The van der Waals surface area contributed by atoms with Crippen LogP contribution in [0.2, 0.25) is 5.02 Å². The standard InChI is InChI=1S/C19H15ClN4O/c1-12(19(25)23-15-5-3-2-4-6-15)22-18-9-13(11-21)16-10-14(20)7-8-17(16)24-18/h2-10,12H,1H3,(H,22,24)(H,23,25). The highest BCUT2D eigenvalue weighted by Crippen LogP contribution is 2.24. The topological polar surface area (TPSA) is 77.8 Å². The van der Waals surface area contributed by atoms with Crippen molar-refractivity contribution in [3.8, 4) is 6.07 Å². The van der Waals surface area contributed by atoms with Crippen LogP contribution in [0.5, 0.6) is 0 Å². The fraction of sp³-hybridized carbons (Fsp3) is 0.105. The van der Waals surface area contributed by atoms with Crippen molar-refractivity contribution in [3.63, 3.8) is 0 Å². The molecular formula is C19H15ClN4O. The second-order valence-corrected chi connectivity index (χ2v) is 5.99. The lowest BCUT2D eigenvalue weighted by Gasteiger charge is -2.15. The van der Waals surface area contributed by atoms with Crippen LogP contribution >= 0.6 is 11.6 Å². The fourth-order valence-electron chi connectivity index (χ4n) is 2.42. The molecule has 3 rings (SSSR count). The van der Waals surface area contributed by atoms with Gasteiger partial charge in [0.15, 0.2) is 0 Å². The van der Waals surface area contributed by atoms with E-state index < -0.39 is 6.04 Å². The smallest absolute Gasteiger partial charge is 0.246 e. The Hall–Kier alpha value is -3.10. The third kappa shape index (κ3) is 3.87. The highest BCUT2D eigenvalue weighted by atomic mass is 35.5. The molecule has 0 spiro atoms. The summed E-state index contributed by atoms with van der Waals surface area (Å²) in [5, 5.41) is 16.4. The molecule has 0 fully saturated rings. The van der Waals surface area contributed by atoms with E-state index >= 15 is 0 Å². The maximum Gasteiger partial charge on any atom is 0.246 e. The summed E-state index contributed by atoms with van der Waals surface area (Å²) in [6.07, 6.45) is 0. The summed E-state index contributed by atoms with van der Waals surface area (Å²) in [5.41, 5.74) is 1.81. The number of aromatic nitrogens is 1. The fourth-order valence-corrected chi connectivity index (χ4v) is 2.60. The average Bonchev–Trinajstić information content (AvgIpc) is 2.62. The number of amides is 1. The first-order valence-electron chi connectivity index (χ1n) is 7.69. The number of benzene rings is 2. The van der Waals surface area contributed by atoms with Gasteiger partial charge in [-0.15, -0.1) is 0 Å². The van der Waals surface area contributed by atoms with E-state index in [0.29, 0.717) is 27.3 Å². The molecule has 0 bridgehead atoms. The molecule has 1 unspecified atom stereocenters. The quantitative estimate of drug-likeness (QED) is 0.739. The number of fused-ring (bicyclic) bond motifs is 1. The number of para-hydroxylation sites is 1. The van der Waals surface area contributed by atoms with Gasteiger partial charge in [0.25, 0.3) is 0 Å². The molecule has 2 aromatic carbocycles. The van der Waals surface area contributed by atoms with Crippen LogP contribution in [-0.4, -0.2) is 16.9 Å². The molecule has 1 amide bonds. The van der Waals surface area contributed by atoms with Crippen molar-refractivity contribution in [2.75, 3.05) is 10.6 Å². The number of nitrogens with zero attached hydrogens (tertiary/aromatic N) is 2. The van der Waals surface area contributed by atoms with Gasteiger partial charge in [-0.2, -0.15) is 5.26 Å². The monoisotopic (exact) mass is 350 g/mol. The minimum atomic E-state index is -0.524. The Bertz CT molecular complexity index is 966. The van der Waals surface area contributed by atoms with Crippen molar-refractivity contribution >= 4 is 39.9 Å². The summed E-state index contributed by atoms with van der Waals surface area (Å²) in [6, 6.07) is 17.6. The number of carbonyl (C=O) groups excluding carboxylic acids is 1. The largest absolute Gasteiger partial charge is 0.359 e. The van der Waals surface area contributed by atoms with Crippen LogP contribution in [0.25, 0.3) is 10.9 Å². The number of pyridine rings is 1. The van der Waals surface area contributed by atoms with Crippen LogP contribution in [0.3, 0.4) is 0 Å². The van der Waals surface area contributed by atoms with E-state index in [4.69, 9.17) is 11.6 Å². The Morgan fingerprint density at radius 2 is 1.96 bits per heavy atom. The molecule has 6 heteroatoms. The number of anilines is 2. The van der Waals surface area contributed by atoms with Gasteiger partial charge >= 0.3 is 0 Å². The first-order chi connectivity index (χ1) is 12.1. The maximum absolute atomic E-state index is 12.3. The number of hydrogen-bond donors (Lipinski definition) is 2. The van der Waals surface area contributed by atoms with Gasteiger partial charge in [-0.05, 0) is 43.3 Å². The first kappa shape index (κ1) is 16.7. The van der Waals surface area contributed by atoms with Crippen LogP contribution in [0.1, 0.15) is 12.5 Å². The van der Waals surface area contributed by atoms with E-state index in [0.717, 1.165) is 5.69 Å². The second-order valence-electron chi connectivity index (χ2n) is 5.55. The molecule has 2 N–H and O–H groups in total. The molecule has 0 aliphatic carbocycles. The van der Waals surface area contributed by atoms with Crippen LogP contribution in [0, 0.1) is 11.3 Å². The van der Waals surface area contributed by atoms with Gasteiger partial charge in [-0.1, -0.05) is 29.8 Å². The van der Waals surface area contributed by atoms with Gasteiger partial charge in [0.2, 0.25) is 5.91 Å². The first-order valence-corrected chi connectivity index (χ1v) is 8.07. The molecule has 0 saturated carbocycles. The molecule has 5 nitrogen and oxygen atoms in total. The predicted octanol–water partition coefficient (Wildman–Crippen LogP) is 4.20. The third-order valence-electron chi connectivity index (χ3n) is 3.69. The van der Waals surface area contributed by atoms with E-state index in [9.17, 15) is 10.1 Å². The second kappa shape index (κ2) is 7.20. The summed E-state index contributed by atoms with van der Waals surface area (Å²) >= 11 is 5.98. The molecular weight excluding hydrogens is 336 g/mol. The molecule has 0 saturated heterocycles. The van der Waals surface area contributed by atoms with E-state index in [1.165, 1.54) is 0 Å². The van der Waals surface area contributed by atoms with Gasteiger partial charge < -0.3 is 10.6 Å². The molecule has 25 heavy (non-hydrogen) atoms. The normalized spacial score (nSPS) is 11.6. The molecule has 0 radical (unpaired) electrons. The van der Waals surface area contributed by atoms with Gasteiger partial charge in [0, 0.05) is 16.1 Å². The van der Waals surface area contributed by atoms with Crippen molar-refractivity contribution in [2.24, 2.45) is 0 Å². The SMILES string of the molecule is CC(Nc1cc(C#N)c2cc(Cl)ccc2n1)C(=O)Nc1ccccc1. The highest BCUT2D eigenvalue weighted by molar-refractivity contribution is 6.31. The Morgan fingerprint density at radius 3 is 2.68 bits per heavy atom. The number of nitriles is 1. The Kier molecular flexibility index (Phi) is 4.82. The molecule has 1 atom stereocenters. The lowest BCUT2D eigenvalue weighted by atomic mass is 10.1. The summed E-state index contributed by atoms with van der Waals surface area (Å²) in [6.45, 7) is 1.73. The highest BCUT2D eigenvalue weighted by Gasteiger charge is 2.15. The molecule has 1 heterocycles. The molecule has 0 aliphatic rings. The number of rotatable bonds is 4. The van der Waals surface area contributed by atoms with Gasteiger partial charge in [0.1, 0.15) is 11.9 Å². The van der Waals surface area contributed by atoms with E-state index in [1.807, 2.05) is 30.3 Å². The maximum atomic E-state index is 12.3. The van der Waals surface area contributed by atoms with Gasteiger partial charge in [-0.3, -0.25) is 4.79 Å². The molecule has 1 aromatic heterocycles. The third-order valence-corrected chi connectivity index (χ3v) is 3.93. The zero-order valence-electron chi connectivity index (χ0n) is 13.5. The van der Waals surface area contributed by atoms with Crippen molar-refractivity contribution in [1.82, 2.24) is 4.98 Å². The minimum Gasteiger partial charge on any atom is -0.359 e. The van der Waals surface area contributed by atoms with Crippen molar-refractivity contribution in [3.05, 3.63) is 65.2 Å². The van der Waals surface area contributed by atoms with Crippen LogP contribution in [0.4, 0.5) is 11.5 Å². The Morgan fingerprint density at radius 1 is 1.20 bits per heavy atom. The number of halogens is 1. The van der Waals surface area contributed by atoms with Crippen LogP contribution in [0.15, 0.2) is 54.6 Å². The Balaban J connectivity index is 1.81. The average molecular weight is 351 g/mol.